The summed E-state index contributed by atoms with van der Waals surface area (Å²) in [6, 6.07) is 1.89. The number of fused-ring (bicyclic) bond motifs is 1. The maximum absolute atomic E-state index is 13.1. The summed E-state index contributed by atoms with van der Waals surface area (Å²) in [5, 5.41) is 8.55. The second-order valence-corrected chi connectivity index (χ2v) is 11.0. The number of carbonyl (C=O) groups is 1. The standard InChI is InChI=1S/C20H26N4O3S/c1-11(13-3-4-13)21-20(25)16-9-17(14-5-6-14)22-19-18(16)12(2)23-24(19)15-7-8-28(26,27)10-15/h9,11,13-15H,3-8,10H2,1-2H3,(H,21,25)/t11-,15+/m0/s1. The molecule has 3 fully saturated rings. The van der Waals surface area contributed by atoms with Crippen LogP contribution in [0, 0.1) is 12.8 Å². The van der Waals surface area contributed by atoms with E-state index in [-0.39, 0.29) is 29.5 Å². The zero-order valence-corrected chi connectivity index (χ0v) is 17.1. The number of hydrogen-bond donors (Lipinski definition) is 1. The number of sulfone groups is 1. The second-order valence-electron chi connectivity index (χ2n) is 8.75. The third-order valence-corrected chi connectivity index (χ3v) is 8.09. The molecule has 2 aromatic rings. The molecule has 0 aromatic carbocycles. The van der Waals surface area contributed by atoms with Crippen LogP contribution in [0.25, 0.3) is 11.0 Å². The number of amides is 1. The van der Waals surface area contributed by atoms with Crippen molar-refractivity contribution in [2.75, 3.05) is 11.5 Å². The molecule has 1 amide bonds. The van der Waals surface area contributed by atoms with Gasteiger partial charge in [0.1, 0.15) is 0 Å². The van der Waals surface area contributed by atoms with Crippen LogP contribution in [0.1, 0.15) is 72.7 Å². The van der Waals surface area contributed by atoms with Crippen LogP contribution in [0.3, 0.4) is 0 Å². The number of nitrogens with zero attached hydrogens (tertiary/aromatic N) is 3. The van der Waals surface area contributed by atoms with Gasteiger partial charge in [-0.25, -0.2) is 18.1 Å². The summed E-state index contributed by atoms with van der Waals surface area (Å²) >= 11 is 0. The summed E-state index contributed by atoms with van der Waals surface area (Å²) in [6.45, 7) is 3.94. The molecule has 2 saturated carbocycles. The summed E-state index contributed by atoms with van der Waals surface area (Å²) in [7, 11) is -3.03. The topological polar surface area (TPSA) is 93.9 Å². The maximum Gasteiger partial charge on any atom is 0.252 e. The quantitative estimate of drug-likeness (QED) is 0.829. The van der Waals surface area contributed by atoms with Crippen LogP contribution in [0.15, 0.2) is 6.07 Å². The van der Waals surface area contributed by atoms with Crippen molar-refractivity contribution in [3.8, 4) is 0 Å². The van der Waals surface area contributed by atoms with Crippen LogP contribution in [0.2, 0.25) is 0 Å². The molecule has 2 aromatic heterocycles. The van der Waals surface area contributed by atoms with Crippen molar-refractivity contribution in [1.29, 1.82) is 0 Å². The molecule has 3 aliphatic rings. The van der Waals surface area contributed by atoms with E-state index in [1.54, 1.807) is 4.68 Å². The van der Waals surface area contributed by atoms with E-state index in [1.165, 1.54) is 12.8 Å². The molecule has 1 N–H and O–H groups in total. The minimum absolute atomic E-state index is 0.0737. The largest absolute Gasteiger partial charge is 0.349 e. The van der Waals surface area contributed by atoms with Gasteiger partial charge in [-0.1, -0.05) is 0 Å². The average Bonchev–Trinajstić information content (AvgIpc) is 3.55. The van der Waals surface area contributed by atoms with Crippen LogP contribution in [-0.2, 0) is 9.84 Å². The Kier molecular flexibility index (Phi) is 4.05. The lowest BCUT2D eigenvalue weighted by Crippen LogP contribution is -2.34. The van der Waals surface area contributed by atoms with Crippen LogP contribution in [0.4, 0.5) is 0 Å². The van der Waals surface area contributed by atoms with Crippen molar-refractivity contribution >= 4 is 26.8 Å². The van der Waals surface area contributed by atoms with E-state index in [2.05, 4.69) is 17.3 Å². The Morgan fingerprint density at radius 1 is 1.25 bits per heavy atom. The summed E-state index contributed by atoms with van der Waals surface area (Å²) in [4.78, 5) is 18.0. The van der Waals surface area contributed by atoms with Crippen molar-refractivity contribution in [3.05, 3.63) is 23.0 Å². The number of carbonyl (C=O) groups excluding carboxylic acids is 1. The van der Waals surface area contributed by atoms with Gasteiger partial charge in [0.15, 0.2) is 15.5 Å². The van der Waals surface area contributed by atoms with E-state index in [1.807, 2.05) is 13.0 Å². The van der Waals surface area contributed by atoms with Crippen LogP contribution in [0.5, 0.6) is 0 Å². The smallest absolute Gasteiger partial charge is 0.252 e. The van der Waals surface area contributed by atoms with E-state index < -0.39 is 9.84 Å². The molecule has 1 aliphatic heterocycles. The second kappa shape index (κ2) is 6.27. The third kappa shape index (κ3) is 3.21. The zero-order valence-electron chi connectivity index (χ0n) is 16.3. The molecule has 28 heavy (non-hydrogen) atoms. The number of rotatable bonds is 5. The van der Waals surface area contributed by atoms with Gasteiger partial charge in [-0.3, -0.25) is 4.79 Å². The fraction of sp³-hybridized carbons (Fsp3) is 0.650. The van der Waals surface area contributed by atoms with Gasteiger partial charge in [0.2, 0.25) is 0 Å². The van der Waals surface area contributed by atoms with E-state index in [4.69, 9.17) is 4.98 Å². The first-order valence-corrected chi connectivity index (χ1v) is 12.1. The Hall–Kier alpha value is -1.96. The molecule has 2 aliphatic carbocycles. The molecule has 5 rings (SSSR count). The van der Waals surface area contributed by atoms with E-state index >= 15 is 0 Å². The fourth-order valence-corrected chi connectivity index (χ4v) is 6.01. The fourth-order valence-electron chi connectivity index (χ4n) is 4.32. The minimum Gasteiger partial charge on any atom is -0.349 e. The van der Waals surface area contributed by atoms with Gasteiger partial charge in [-0.15, -0.1) is 0 Å². The molecule has 7 nitrogen and oxygen atoms in total. The van der Waals surface area contributed by atoms with Gasteiger partial charge in [-0.05, 0) is 57.9 Å². The lowest BCUT2D eigenvalue weighted by Gasteiger charge is -2.15. The van der Waals surface area contributed by atoms with Crippen molar-refractivity contribution in [2.45, 2.75) is 64.0 Å². The van der Waals surface area contributed by atoms with Crippen molar-refractivity contribution in [2.24, 2.45) is 5.92 Å². The van der Waals surface area contributed by atoms with Gasteiger partial charge in [0, 0.05) is 17.7 Å². The highest BCUT2D eigenvalue weighted by Crippen LogP contribution is 2.41. The van der Waals surface area contributed by atoms with E-state index in [0.29, 0.717) is 29.5 Å². The van der Waals surface area contributed by atoms with Crippen molar-refractivity contribution in [1.82, 2.24) is 20.1 Å². The summed E-state index contributed by atoms with van der Waals surface area (Å²) < 4.78 is 25.7. The minimum atomic E-state index is -3.03. The summed E-state index contributed by atoms with van der Waals surface area (Å²) in [5.41, 5.74) is 2.95. The van der Waals surface area contributed by atoms with Crippen LogP contribution >= 0.6 is 0 Å². The Balaban J connectivity index is 1.60. The predicted octanol–water partition coefficient (Wildman–Crippen LogP) is 2.51. The number of nitrogens with one attached hydrogen (secondary N) is 1. The Labute approximate surface area is 164 Å². The first-order valence-electron chi connectivity index (χ1n) is 10.2. The monoisotopic (exact) mass is 402 g/mol. The molecule has 0 spiro atoms. The van der Waals surface area contributed by atoms with Crippen molar-refractivity contribution in [3.63, 3.8) is 0 Å². The number of aromatic nitrogens is 3. The lowest BCUT2D eigenvalue weighted by molar-refractivity contribution is 0.0937. The van der Waals surface area contributed by atoms with E-state index in [0.717, 1.165) is 29.6 Å². The normalized spacial score (nSPS) is 25.1. The first kappa shape index (κ1) is 18.1. The number of hydrogen-bond acceptors (Lipinski definition) is 5. The summed E-state index contributed by atoms with van der Waals surface area (Å²) in [5.74, 6) is 1.19. The predicted molar refractivity (Wildman–Crippen MR) is 106 cm³/mol. The Morgan fingerprint density at radius 2 is 2.00 bits per heavy atom. The third-order valence-electron chi connectivity index (χ3n) is 6.34. The molecular weight excluding hydrogens is 376 g/mol. The highest BCUT2D eigenvalue weighted by Gasteiger charge is 2.35. The lowest BCUT2D eigenvalue weighted by atomic mass is 10.1. The molecule has 1 saturated heterocycles. The Bertz CT molecular complexity index is 1070. The van der Waals surface area contributed by atoms with Crippen molar-refractivity contribution < 1.29 is 13.2 Å². The number of pyridine rings is 1. The highest BCUT2D eigenvalue weighted by atomic mass is 32.2. The maximum atomic E-state index is 13.1. The van der Waals surface area contributed by atoms with Gasteiger partial charge in [-0.2, -0.15) is 5.10 Å². The molecule has 2 atom stereocenters. The molecule has 0 bridgehead atoms. The molecule has 0 radical (unpaired) electrons. The Morgan fingerprint density at radius 3 is 2.61 bits per heavy atom. The summed E-state index contributed by atoms with van der Waals surface area (Å²) in [6.07, 6.45) is 5.07. The molecule has 0 unspecified atom stereocenters. The molecule has 150 valence electrons. The van der Waals surface area contributed by atoms with Gasteiger partial charge >= 0.3 is 0 Å². The number of aryl methyl sites for hydroxylation is 1. The molecular formula is C20H26N4O3S. The van der Waals surface area contributed by atoms with Gasteiger partial charge in [0.05, 0.1) is 34.2 Å². The zero-order chi connectivity index (χ0) is 19.6. The van der Waals surface area contributed by atoms with Gasteiger partial charge in [0.25, 0.3) is 5.91 Å². The van der Waals surface area contributed by atoms with Crippen LogP contribution in [-0.4, -0.2) is 46.6 Å². The SMILES string of the molecule is Cc1nn([C@@H]2CCS(=O)(=O)C2)c2nc(C3CC3)cc(C(=O)N[C@@H](C)C3CC3)c12. The van der Waals surface area contributed by atoms with Crippen LogP contribution < -0.4 is 5.32 Å². The first-order chi connectivity index (χ1) is 13.3. The highest BCUT2D eigenvalue weighted by molar-refractivity contribution is 7.91. The molecule has 3 heterocycles. The average molecular weight is 403 g/mol. The van der Waals surface area contributed by atoms with E-state index in [9.17, 15) is 13.2 Å². The molecule has 8 heteroatoms. The van der Waals surface area contributed by atoms with Gasteiger partial charge < -0.3 is 5.32 Å².